The van der Waals surface area contributed by atoms with Crippen LogP contribution in [0.25, 0.3) is 0 Å². The van der Waals surface area contributed by atoms with Gasteiger partial charge in [0.15, 0.2) is 0 Å². The van der Waals surface area contributed by atoms with Gasteiger partial charge in [0.1, 0.15) is 0 Å². The molecule has 0 saturated heterocycles. The highest BCUT2D eigenvalue weighted by Gasteiger charge is 1.97. The van der Waals surface area contributed by atoms with Gasteiger partial charge in [-0.05, 0) is 49.3 Å². The molecule has 0 aliphatic heterocycles. The Morgan fingerprint density at radius 2 is 0.974 bits per heavy atom. The third kappa shape index (κ3) is 33.0. The summed E-state index contributed by atoms with van der Waals surface area (Å²) in [6.45, 7) is 4.51. The fourth-order valence-electron chi connectivity index (χ4n) is 3.46. The van der Waals surface area contributed by atoms with E-state index in [1.165, 1.54) is 127 Å². The Morgan fingerprint density at radius 1 is 0.658 bits per heavy atom. The van der Waals surface area contributed by atoms with Crippen molar-refractivity contribution in [3.05, 3.63) is 30.3 Å². The molecule has 8 N–H and O–H groups in total. The standard InChI is InChI=1S/2C11H24N2S.C6H7O3P/c2*1-2-3-4-5-6-7-8-9-10-14-11(12)13;7-10(8,9)6-4-2-1-3-5-6/h2*2-10H2,1H3,(H3,12,13);1-5H,(H2,7,8,9). The van der Waals surface area contributed by atoms with E-state index >= 15 is 0 Å². The Hall–Kier alpha value is -0.990. The van der Waals surface area contributed by atoms with Gasteiger partial charge in [0.05, 0.1) is 0 Å². The van der Waals surface area contributed by atoms with Crippen molar-refractivity contribution in [1.82, 2.24) is 0 Å². The van der Waals surface area contributed by atoms with Crippen molar-refractivity contribution in [1.29, 1.82) is 0 Å². The lowest BCUT2D eigenvalue weighted by Crippen LogP contribution is -2.43. The van der Waals surface area contributed by atoms with Crippen LogP contribution in [-0.2, 0) is 4.57 Å². The Kier molecular flexibility index (Phi) is 29.9. The summed E-state index contributed by atoms with van der Waals surface area (Å²) in [6, 6.07) is 7.23. The van der Waals surface area contributed by atoms with E-state index < -0.39 is 7.60 Å². The van der Waals surface area contributed by atoms with Crippen molar-refractivity contribution >= 4 is 46.8 Å². The number of benzene rings is 1. The molecule has 0 unspecified atom stereocenters. The number of amidine groups is 2. The molecule has 0 saturated carbocycles. The smallest absolute Gasteiger partial charge is 0.299 e. The molecule has 7 nitrogen and oxygen atoms in total. The van der Waals surface area contributed by atoms with Crippen molar-refractivity contribution in [2.45, 2.75) is 117 Å². The van der Waals surface area contributed by atoms with Gasteiger partial charge < -0.3 is 14.4 Å². The molecule has 0 bridgehead atoms. The fraction of sp³-hybridized carbons (Fsp3) is 0.714. The van der Waals surface area contributed by atoms with E-state index in [1.54, 1.807) is 29.6 Å². The number of rotatable bonds is 19. The first-order valence-corrected chi connectivity index (χ1v) is 17.8. The summed E-state index contributed by atoms with van der Waals surface area (Å²) in [5.41, 5.74) is 10.7. The van der Waals surface area contributed by atoms with Gasteiger partial charge in [0.2, 0.25) is 0 Å². The minimum Gasteiger partial charge on any atom is -0.807 e. The van der Waals surface area contributed by atoms with Crippen LogP contribution in [0.4, 0.5) is 0 Å². The highest BCUT2D eigenvalue weighted by atomic mass is 32.2. The molecule has 1 aromatic rings. The minimum absolute atomic E-state index is 0.157. The van der Waals surface area contributed by atoms with Gasteiger partial charge in [-0.2, -0.15) is 0 Å². The lowest BCUT2D eigenvalue weighted by atomic mass is 10.1. The average molecular weight is 591 g/mol. The monoisotopic (exact) mass is 590 g/mol. The molecule has 0 atom stereocenters. The normalized spacial score (nSPS) is 10.6. The first-order valence-electron chi connectivity index (χ1n) is 14.2. The highest BCUT2D eigenvalue weighted by molar-refractivity contribution is 8.13. The van der Waals surface area contributed by atoms with Crippen LogP contribution in [0.3, 0.4) is 0 Å². The Balaban J connectivity index is 0. The molecule has 0 aliphatic carbocycles. The molecule has 1 aromatic carbocycles. The van der Waals surface area contributed by atoms with Crippen molar-refractivity contribution < 1.29 is 25.2 Å². The number of unbranched alkanes of at least 4 members (excludes halogenated alkanes) is 14. The second kappa shape index (κ2) is 29.0. The SMILES string of the molecule is CCCCCCCCCCSC(N)=[NH2+].CCCCCCCCCCSC(N)=[NH2+].O=P([O-])([O-])c1ccccc1. The summed E-state index contributed by atoms with van der Waals surface area (Å²) in [5.74, 6) is 2.16. The summed E-state index contributed by atoms with van der Waals surface area (Å²) in [4.78, 5) is 20.6. The summed E-state index contributed by atoms with van der Waals surface area (Å²) in [6.07, 6.45) is 21.8. The predicted octanol–water partition coefficient (Wildman–Crippen LogP) is 3.09. The lowest BCUT2D eigenvalue weighted by Gasteiger charge is -2.29. The maximum absolute atomic E-state index is 10.3. The van der Waals surface area contributed by atoms with Crippen LogP contribution in [0, 0.1) is 0 Å². The number of thioether (sulfide) groups is 2. The zero-order chi connectivity index (χ0) is 28.9. The van der Waals surface area contributed by atoms with Gasteiger partial charge in [-0.15, -0.1) is 0 Å². The first kappa shape index (κ1) is 39.2. The topological polar surface area (TPSA) is 166 Å². The van der Waals surface area contributed by atoms with Gasteiger partial charge in [0.25, 0.3) is 10.3 Å². The van der Waals surface area contributed by atoms with Gasteiger partial charge in [-0.1, -0.05) is 134 Å². The molecule has 0 aromatic heterocycles. The summed E-state index contributed by atoms with van der Waals surface area (Å²) in [5, 5.41) is 11.5. The van der Waals surface area contributed by atoms with Crippen LogP contribution < -0.4 is 37.4 Å². The molecule has 0 radical (unpaired) electrons. The van der Waals surface area contributed by atoms with Crippen molar-refractivity contribution in [2.75, 3.05) is 11.5 Å². The second-order valence-electron chi connectivity index (χ2n) is 9.28. The molecular formula is C28H55N4O3PS2. The van der Waals surface area contributed by atoms with E-state index in [0.717, 1.165) is 11.5 Å². The summed E-state index contributed by atoms with van der Waals surface area (Å²) >= 11 is 3.15. The van der Waals surface area contributed by atoms with Gasteiger partial charge in [-0.25, -0.2) is 0 Å². The van der Waals surface area contributed by atoms with Gasteiger partial charge >= 0.3 is 0 Å². The largest absolute Gasteiger partial charge is 0.807 e. The molecule has 0 heterocycles. The first-order chi connectivity index (χ1) is 18.1. The molecule has 38 heavy (non-hydrogen) atoms. The third-order valence-corrected chi connectivity index (χ3v) is 8.19. The Labute approximate surface area is 241 Å². The highest BCUT2D eigenvalue weighted by Crippen LogP contribution is 2.20. The van der Waals surface area contributed by atoms with E-state index in [9.17, 15) is 14.4 Å². The number of hydrogen-bond donors (Lipinski definition) is 4. The average Bonchev–Trinajstić information content (AvgIpc) is 2.87. The molecule has 0 amide bonds. The molecule has 0 fully saturated rings. The van der Waals surface area contributed by atoms with Crippen LogP contribution in [0.2, 0.25) is 0 Å². The van der Waals surface area contributed by atoms with Crippen LogP contribution >= 0.6 is 31.1 Å². The van der Waals surface area contributed by atoms with Gasteiger partial charge in [0, 0.05) is 11.5 Å². The van der Waals surface area contributed by atoms with Gasteiger partial charge in [-0.3, -0.25) is 22.3 Å². The summed E-state index contributed by atoms with van der Waals surface area (Å²) in [7, 11) is -4.52. The van der Waals surface area contributed by atoms with E-state index in [1.807, 2.05) is 0 Å². The van der Waals surface area contributed by atoms with E-state index in [0.29, 0.717) is 10.3 Å². The fourth-order valence-corrected chi connectivity index (χ4v) is 5.17. The van der Waals surface area contributed by atoms with Crippen molar-refractivity contribution in [2.24, 2.45) is 11.5 Å². The predicted molar refractivity (Wildman–Crippen MR) is 166 cm³/mol. The summed E-state index contributed by atoms with van der Waals surface area (Å²) < 4.78 is 10.3. The number of nitrogens with two attached hydrogens (primary N) is 4. The quantitative estimate of drug-likeness (QED) is 0.0831. The van der Waals surface area contributed by atoms with Crippen LogP contribution in [0.15, 0.2) is 30.3 Å². The van der Waals surface area contributed by atoms with E-state index in [-0.39, 0.29) is 5.30 Å². The maximum Gasteiger partial charge on any atom is 0.299 e. The molecule has 1 rings (SSSR count). The van der Waals surface area contributed by atoms with E-state index in [2.05, 4.69) is 13.8 Å². The Morgan fingerprint density at radius 3 is 1.24 bits per heavy atom. The van der Waals surface area contributed by atoms with Crippen LogP contribution in [-0.4, -0.2) is 21.8 Å². The molecule has 0 spiro atoms. The molecule has 0 aliphatic rings. The number of hydrogen-bond acceptors (Lipinski definition) is 5. The van der Waals surface area contributed by atoms with Crippen LogP contribution in [0.1, 0.15) is 117 Å². The van der Waals surface area contributed by atoms with Crippen molar-refractivity contribution in [3.8, 4) is 0 Å². The molecule has 10 heteroatoms. The zero-order valence-electron chi connectivity index (χ0n) is 23.9. The van der Waals surface area contributed by atoms with Crippen LogP contribution in [0.5, 0.6) is 0 Å². The van der Waals surface area contributed by atoms with Crippen molar-refractivity contribution in [3.63, 3.8) is 0 Å². The zero-order valence-corrected chi connectivity index (χ0v) is 26.4. The second-order valence-corrected chi connectivity index (χ2v) is 13.1. The minimum atomic E-state index is -4.52. The maximum atomic E-state index is 10.3. The molecular weight excluding hydrogens is 535 g/mol. The Bertz CT molecular complexity index is 689. The third-order valence-electron chi connectivity index (χ3n) is 5.61. The lowest BCUT2D eigenvalue weighted by molar-refractivity contribution is -0.307. The van der Waals surface area contributed by atoms with E-state index in [4.69, 9.17) is 22.3 Å². The molecule has 222 valence electrons.